The molecule has 0 radical (unpaired) electrons. The van der Waals surface area contributed by atoms with Gasteiger partial charge in [0, 0.05) is 6.61 Å². The first-order chi connectivity index (χ1) is 6.63. The minimum Gasteiger partial charge on any atom is -0.481 e. The molecule has 1 aliphatic heterocycles. The van der Waals surface area contributed by atoms with Crippen molar-refractivity contribution in [2.75, 3.05) is 6.61 Å². The van der Waals surface area contributed by atoms with E-state index in [1.807, 2.05) is 6.92 Å². The Hall–Kier alpha value is -0.570. The molecule has 1 heterocycles. The number of hydrogen-bond donors (Lipinski definition) is 1. The van der Waals surface area contributed by atoms with Crippen molar-refractivity contribution in [1.29, 1.82) is 0 Å². The Balaban J connectivity index is 2.58. The van der Waals surface area contributed by atoms with Crippen molar-refractivity contribution < 1.29 is 14.6 Å². The molecule has 0 amide bonds. The first-order valence-corrected chi connectivity index (χ1v) is 5.48. The van der Waals surface area contributed by atoms with E-state index in [0.717, 1.165) is 25.7 Å². The Bertz CT molecular complexity index is 203. The van der Waals surface area contributed by atoms with Crippen LogP contribution in [0.15, 0.2) is 0 Å². The normalized spacial score (nSPS) is 32.0. The highest BCUT2D eigenvalue weighted by atomic mass is 16.5. The Labute approximate surface area is 85.5 Å². The second-order valence-electron chi connectivity index (χ2n) is 4.18. The summed E-state index contributed by atoms with van der Waals surface area (Å²) >= 11 is 0. The van der Waals surface area contributed by atoms with Gasteiger partial charge in [-0.3, -0.25) is 4.79 Å². The average Bonchev–Trinajstić information content (AvgIpc) is 2.49. The summed E-state index contributed by atoms with van der Waals surface area (Å²) < 4.78 is 5.38. The van der Waals surface area contributed by atoms with Crippen molar-refractivity contribution in [1.82, 2.24) is 0 Å². The van der Waals surface area contributed by atoms with Crippen LogP contribution in [-0.4, -0.2) is 23.8 Å². The predicted molar refractivity (Wildman–Crippen MR) is 54.2 cm³/mol. The molecular weight excluding hydrogens is 180 g/mol. The third-order valence-corrected chi connectivity index (χ3v) is 3.35. The number of carboxylic acid groups (broad SMARTS) is 1. The lowest BCUT2D eigenvalue weighted by molar-refractivity contribution is -0.152. The van der Waals surface area contributed by atoms with Crippen molar-refractivity contribution in [2.45, 2.75) is 52.1 Å². The Kier molecular flexibility index (Phi) is 3.93. The zero-order valence-electron chi connectivity index (χ0n) is 9.08. The molecule has 0 aromatic heterocycles. The van der Waals surface area contributed by atoms with Crippen molar-refractivity contribution in [3.8, 4) is 0 Å². The van der Waals surface area contributed by atoms with Gasteiger partial charge in [0.05, 0.1) is 11.5 Å². The molecule has 3 heteroatoms. The van der Waals surface area contributed by atoms with Crippen molar-refractivity contribution in [3.63, 3.8) is 0 Å². The smallest absolute Gasteiger partial charge is 0.312 e. The molecule has 0 aromatic carbocycles. The van der Waals surface area contributed by atoms with E-state index in [2.05, 4.69) is 6.92 Å². The molecule has 14 heavy (non-hydrogen) atoms. The van der Waals surface area contributed by atoms with Crippen LogP contribution in [-0.2, 0) is 9.53 Å². The zero-order chi connectivity index (χ0) is 10.6. The summed E-state index contributed by atoms with van der Waals surface area (Å²) in [6, 6.07) is 0. The lowest BCUT2D eigenvalue weighted by atomic mass is 9.77. The lowest BCUT2D eigenvalue weighted by Crippen LogP contribution is -2.37. The van der Waals surface area contributed by atoms with Crippen LogP contribution in [0.3, 0.4) is 0 Å². The van der Waals surface area contributed by atoms with E-state index < -0.39 is 11.4 Å². The molecule has 2 atom stereocenters. The van der Waals surface area contributed by atoms with Gasteiger partial charge >= 0.3 is 5.97 Å². The maximum atomic E-state index is 11.2. The summed E-state index contributed by atoms with van der Waals surface area (Å²) in [5.74, 6) is -0.682. The molecule has 1 N–H and O–H groups in total. The molecule has 0 aliphatic carbocycles. The highest BCUT2D eigenvalue weighted by Gasteiger charge is 2.47. The third kappa shape index (κ3) is 2.08. The fourth-order valence-corrected chi connectivity index (χ4v) is 2.19. The van der Waals surface area contributed by atoms with Crippen molar-refractivity contribution in [3.05, 3.63) is 0 Å². The number of hydrogen-bond acceptors (Lipinski definition) is 2. The SMILES string of the molecule is CCCCCC1(C(=O)O)CCOC1C. The van der Waals surface area contributed by atoms with E-state index in [1.54, 1.807) is 0 Å². The van der Waals surface area contributed by atoms with Gasteiger partial charge in [0.1, 0.15) is 0 Å². The van der Waals surface area contributed by atoms with Crippen LogP contribution in [0, 0.1) is 5.41 Å². The van der Waals surface area contributed by atoms with Gasteiger partial charge in [-0.2, -0.15) is 0 Å². The van der Waals surface area contributed by atoms with Gasteiger partial charge in [-0.1, -0.05) is 26.2 Å². The fourth-order valence-electron chi connectivity index (χ4n) is 2.19. The maximum absolute atomic E-state index is 11.2. The number of ether oxygens (including phenoxy) is 1. The summed E-state index contributed by atoms with van der Waals surface area (Å²) in [5, 5.41) is 9.25. The quantitative estimate of drug-likeness (QED) is 0.693. The average molecular weight is 200 g/mol. The molecule has 0 bridgehead atoms. The number of carboxylic acids is 1. The second-order valence-corrected chi connectivity index (χ2v) is 4.18. The van der Waals surface area contributed by atoms with E-state index in [9.17, 15) is 9.90 Å². The van der Waals surface area contributed by atoms with Gasteiger partial charge in [-0.25, -0.2) is 0 Å². The van der Waals surface area contributed by atoms with E-state index in [1.165, 1.54) is 0 Å². The summed E-state index contributed by atoms with van der Waals surface area (Å²) in [4.78, 5) is 11.2. The lowest BCUT2D eigenvalue weighted by Gasteiger charge is -2.27. The van der Waals surface area contributed by atoms with Crippen LogP contribution in [0.4, 0.5) is 0 Å². The standard InChI is InChI=1S/C11H20O3/c1-3-4-5-6-11(10(12)13)7-8-14-9(11)2/h9H,3-8H2,1-2H3,(H,12,13). The first-order valence-electron chi connectivity index (χ1n) is 5.48. The van der Waals surface area contributed by atoms with E-state index in [4.69, 9.17) is 4.74 Å². The Morgan fingerprint density at radius 3 is 2.71 bits per heavy atom. The molecule has 0 saturated carbocycles. The molecule has 0 aromatic rings. The topological polar surface area (TPSA) is 46.5 Å². The van der Waals surface area contributed by atoms with E-state index >= 15 is 0 Å². The molecule has 1 saturated heterocycles. The minimum atomic E-state index is -0.682. The third-order valence-electron chi connectivity index (χ3n) is 3.35. The highest BCUT2D eigenvalue weighted by molar-refractivity contribution is 5.75. The van der Waals surface area contributed by atoms with Crippen LogP contribution in [0.1, 0.15) is 46.0 Å². The highest BCUT2D eigenvalue weighted by Crippen LogP contribution is 2.39. The number of rotatable bonds is 5. The molecular formula is C11H20O3. The van der Waals surface area contributed by atoms with Crippen molar-refractivity contribution >= 4 is 5.97 Å². The summed E-state index contributed by atoms with van der Waals surface area (Å²) in [6.45, 7) is 4.61. The molecule has 3 nitrogen and oxygen atoms in total. The first kappa shape index (κ1) is 11.5. The Morgan fingerprint density at radius 2 is 2.29 bits per heavy atom. The van der Waals surface area contributed by atoms with Crippen molar-refractivity contribution in [2.24, 2.45) is 5.41 Å². The zero-order valence-corrected chi connectivity index (χ0v) is 9.08. The molecule has 1 rings (SSSR count). The number of aliphatic carboxylic acids is 1. The molecule has 1 fully saturated rings. The molecule has 1 aliphatic rings. The van der Waals surface area contributed by atoms with Gasteiger partial charge in [0.15, 0.2) is 0 Å². The van der Waals surface area contributed by atoms with E-state index in [-0.39, 0.29) is 6.10 Å². The van der Waals surface area contributed by atoms with Gasteiger partial charge in [-0.05, 0) is 19.8 Å². The predicted octanol–water partition coefficient (Wildman–Crippen LogP) is 2.45. The minimum absolute atomic E-state index is 0.128. The summed E-state index contributed by atoms with van der Waals surface area (Å²) in [5.41, 5.74) is -0.602. The van der Waals surface area contributed by atoms with Gasteiger partial charge in [-0.15, -0.1) is 0 Å². The van der Waals surface area contributed by atoms with Crippen LogP contribution >= 0.6 is 0 Å². The summed E-state index contributed by atoms with van der Waals surface area (Å²) in [6.07, 6.45) is 4.55. The number of carbonyl (C=O) groups is 1. The molecule has 2 unspecified atom stereocenters. The monoisotopic (exact) mass is 200 g/mol. The largest absolute Gasteiger partial charge is 0.481 e. The van der Waals surface area contributed by atoms with Gasteiger partial charge in [0.25, 0.3) is 0 Å². The second kappa shape index (κ2) is 4.78. The van der Waals surface area contributed by atoms with E-state index in [0.29, 0.717) is 13.0 Å². The van der Waals surface area contributed by atoms with Gasteiger partial charge in [0.2, 0.25) is 0 Å². The van der Waals surface area contributed by atoms with Gasteiger partial charge < -0.3 is 9.84 Å². The van der Waals surface area contributed by atoms with Crippen LogP contribution < -0.4 is 0 Å². The Morgan fingerprint density at radius 1 is 1.57 bits per heavy atom. The van der Waals surface area contributed by atoms with Crippen LogP contribution in [0.25, 0.3) is 0 Å². The maximum Gasteiger partial charge on any atom is 0.312 e. The summed E-state index contributed by atoms with van der Waals surface area (Å²) in [7, 11) is 0. The number of unbranched alkanes of at least 4 members (excludes halogenated alkanes) is 2. The van der Waals surface area contributed by atoms with Crippen LogP contribution in [0.5, 0.6) is 0 Å². The van der Waals surface area contributed by atoms with Crippen LogP contribution in [0.2, 0.25) is 0 Å². The fraction of sp³-hybridized carbons (Fsp3) is 0.909. The molecule has 82 valence electrons. The molecule has 0 spiro atoms.